The van der Waals surface area contributed by atoms with Crippen LogP contribution in [0.25, 0.3) is 0 Å². The van der Waals surface area contributed by atoms with E-state index >= 15 is 0 Å². The molecule has 1 heteroatoms. The number of unbranched alkanes of at least 4 members (excludes halogenated alkanes) is 3. The second-order valence-electron chi connectivity index (χ2n) is 2.60. The van der Waals surface area contributed by atoms with E-state index in [0.717, 1.165) is 26.1 Å². The summed E-state index contributed by atoms with van der Waals surface area (Å²) < 4.78 is 5.27. The van der Waals surface area contributed by atoms with E-state index in [2.05, 4.69) is 13.5 Å². The van der Waals surface area contributed by atoms with Crippen LogP contribution < -0.4 is 0 Å². The lowest BCUT2D eigenvalue weighted by Crippen LogP contribution is -1.95. The van der Waals surface area contributed by atoms with Crippen LogP contribution >= 0.6 is 0 Å². The highest BCUT2D eigenvalue weighted by Crippen LogP contribution is 2.00. The molecule has 0 rings (SSSR count). The highest BCUT2D eigenvalue weighted by molar-refractivity contribution is 4.65. The summed E-state index contributed by atoms with van der Waals surface area (Å²) >= 11 is 0. The van der Waals surface area contributed by atoms with Crippen molar-refractivity contribution >= 4 is 0 Å². The maximum Gasteiger partial charge on any atom is 0.0466 e. The largest absolute Gasteiger partial charge is 0.381 e. The Balaban J connectivity index is 2.74. The van der Waals surface area contributed by atoms with E-state index in [1.807, 2.05) is 6.08 Å². The van der Waals surface area contributed by atoms with E-state index < -0.39 is 0 Å². The van der Waals surface area contributed by atoms with E-state index in [-0.39, 0.29) is 0 Å². The lowest BCUT2D eigenvalue weighted by molar-refractivity contribution is 0.134. The van der Waals surface area contributed by atoms with Crippen LogP contribution in [0.2, 0.25) is 0 Å². The third kappa shape index (κ3) is 9.70. The van der Waals surface area contributed by atoms with Gasteiger partial charge in [0, 0.05) is 13.2 Å². The first-order valence-electron chi connectivity index (χ1n) is 4.39. The van der Waals surface area contributed by atoms with Crippen LogP contribution in [0, 0.1) is 6.92 Å². The first-order valence-corrected chi connectivity index (χ1v) is 4.39. The van der Waals surface area contributed by atoms with Gasteiger partial charge >= 0.3 is 0 Å². The molecule has 0 aliphatic heterocycles. The molecule has 0 aliphatic rings. The molecule has 0 saturated heterocycles. The Morgan fingerprint density at radius 1 is 1.09 bits per heavy atom. The fourth-order valence-corrected chi connectivity index (χ4v) is 0.874. The highest BCUT2D eigenvalue weighted by Gasteiger charge is 1.87. The molecule has 0 saturated carbocycles. The van der Waals surface area contributed by atoms with Crippen LogP contribution in [0.3, 0.4) is 0 Å². The Kier molecular flexibility index (Phi) is 9.44. The molecule has 0 heterocycles. The molecular weight excluding hydrogens is 136 g/mol. The summed E-state index contributed by atoms with van der Waals surface area (Å²) in [5.74, 6) is 0. The normalized spacial score (nSPS) is 9.91. The van der Waals surface area contributed by atoms with Gasteiger partial charge in [-0.05, 0) is 25.7 Å². The van der Waals surface area contributed by atoms with Crippen molar-refractivity contribution in [2.75, 3.05) is 13.2 Å². The standard InChI is InChI=1S/C10H19O/c1-3-5-6-7-8-10-11-9-4-2/h3H,1-2,4-10H2. The second kappa shape index (κ2) is 9.70. The van der Waals surface area contributed by atoms with Gasteiger partial charge in [0.25, 0.3) is 0 Å². The molecule has 0 bridgehead atoms. The zero-order chi connectivity index (χ0) is 8.36. The summed E-state index contributed by atoms with van der Waals surface area (Å²) in [5, 5.41) is 0. The Morgan fingerprint density at radius 2 is 1.91 bits per heavy atom. The van der Waals surface area contributed by atoms with Crippen molar-refractivity contribution in [3.63, 3.8) is 0 Å². The van der Waals surface area contributed by atoms with Crippen LogP contribution in [-0.4, -0.2) is 13.2 Å². The maximum absolute atomic E-state index is 5.27. The average Bonchev–Trinajstić information content (AvgIpc) is 2.03. The lowest BCUT2D eigenvalue weighted by atomic mass is 10.2. The minimum absolute atomic E-state index is 0.807. The summed E-state index contributed by atoms with van der Waals surface area (Å²) in [6, 6.07) is 0. The molecule has 0 fully saturated rings. The Hall–Kier alpha value is -0.300. The minimum Gasteiger partial charge on any atom is -0.381 e. The number of allylic oxidation sites excluding steroid dienone is 1. The quantitative estimate of drug-likeness (QED) is 0.387. The Morgan fingerprint density at radius 3 is 2.55 bits per heavy atom. The summed E-state index contributed by atoms with van der Waals surface area (Å²) in [5.41, 5.74) is 0. The van der Waals surface area contributed by atoms with Gasteiger partial charge in [-0.2, -0.15) is 0 Å². The van der Waals surface area contributed by atoms with Gasteiger partial charge in [0.05, 0.1) is 0 Å². The summed E-state index contributed by atoms with van der Waals surface area (Å²) in [4.78, 5) is 0. The first-order chi connectivity index (χ1) is 5.41. The van der Waals surface area contributed by atoms with E-state index in [1.165, 1.54) is 19.3 Å². The molecule has 0 aromatic carbocycles. The molecule has 0 aromatic rings. The SMILES string of the molecule is [CH2]CCOCCCCCC=C. The minimum atomic E-state index is 0.807. The number of ether oxygens (including phenoxy) is 1. The van der Waals surface area contributed by atoms with Gasteiger partial charge in [-0.25, -0.2) is 0 Å². The van der Waals surface area contributed by atoms with Crippen molar-refractivity contribution in [2.24, 2.45) is 0 Å². The maximum atomic E-state index is 5.27. The molecule has 0 aromatic heterocycles. The van der Waals surface area contributed by atoms with Crippen molar-refractivity contribution in [3.8, 4) is 0 Å². The van der Waals surface area contributed by atoms with Gasteiger partial charge in [0.2, 0.25) is 0 Å². The molecule has 0 amide bonds. The fourth-order valence-electron chi connectivity index (χ4n) is 0.874. The molecule has 0 unspecified atom stereocenters. The Bertz CT molecular complexity index is 78.9. The monoisotopic (exact) mass is 155 g/mol. The predicted octanol–water partition coefficient (Wildman–Crippen LogP) is 2.97. The highest BCUT2D eigenvalue weighted by atomic mass is 16.5. The third-order valence-corrected chi connectivity index (χ3v) is 1.49. The van der Waals surface area contributed by atoms with E-state index in [9.17, 15) is 0 Å². The van der Waals surface area contributed by atoms with Crippen LogP contribution in [0.1, 0.15) is 32.1 Å². The zero-order valence-corrected chi connectivity index (χ0v) is 7.35. The number of hydrogen-bond acceptors (Lipinski definition) is 1. The molecule has 1 nitrogen and oxygen atoms in total. The van der Waals surface area contributed by atoms with Crippen LogP contribution in [0.5, 0.6) is 0 Å². The lowest BCUT2D eigenvalue weighted by Gasteiger charge is -2.00. The van der Waals surface area contributed by atoms with E-state index in [1.54, 1.807) is 0 Å². The Labute approximate surface area is 70.4 Å². The van der Waals surface area contributed by atoms with Crippen molar-refractivity contribution < 1.29 is 4.74 Å². The van der Waals surface area contributed by atoms with Crippen molar-refractivity contribution in [1.82, 2.24) is 0 Å². The molecular formula is C10H19O. The average molecular weight is 155 g/mol. The van der Waals surface area contributed by atoms with Crippen LogP contribution in [0.4, 0.5) is 0 Å². The second-order valence-corrected chi connectivity index (χ2v) is 2.60. The van der Waals surface area contributed by atoms with Crippen LogP contribution in [-0.2, 0) is 4.74 Å². The first kappa shape index (κ1) is 10.7. The fraction of sp³-hybridized carbons (Fsp3) is 0.700. The number of hydrogen-bond donors (Lipinski definition) is 0. The summed E-state index contributed by atoms with van der Waals surface area (Å²) in [7, 11) is 0. The molecule has 0 atom stereocenters. The molecule has 0 aliphatic carbocycles. The summed E-state index contributed by atoms with van der Waals surface area (Å²) in [6.07, 6.45) is 7.66. The third-order valence-electron chi connectivity index (χ3n) is 1.49. The van der Waals surface area contributed by atoms with Gasteiger partial charge < -0.3 is 4.74 Å². The summed E-state index contributed by atoms with van der Waals surface area (Å²) in [6.45, 7) is 9.07. The van der Waals surface area contributed by atoms with Gasteiger partial charge in [0.15, 0.2) is 0 Å². The van der Waals surface area contributed by atoms with Gasteiger partial charge in [-0.1, -0.05) is 19.4 Å². The number of rotatable bonds is 8. The van der Waals surface area contributed by atoms with Crippen molar-refractivity contribution in [1.29, 1.82) is 0 Å². The molecule has 0 N–H and O–H groups in total. The molecule has 1 radical (unpaired) electrons. The molecule has 11 heavy (non-hydrogen) atoms. The molecule has 0 spiro atoms. The van der Waals surface area contributed by atoms with Crippen molar-refractivity contribution in [3.05, 3.63) is 19.6 Å². The van der Waals surface area contributed by atoms with E-state index in [0.29, 0.717) is 0 Å². The smallest absolute Gasteiger partial charge is 0.0466 e. The predicted molar refractivity (Wildman–Crippen MR) is 49.5 cm³/mol. The van der Waals surface area contributed by atoms with Gasteiger partial charge in [-0.3, -0.25) is 0 Å². The molecule has 65 valence electrons. The van der Waals surface area contributed by atoms with Crippen LogP contribution in [0.15, 0.2) is 12.7 Å². The van der Waals surface area contributed by atoms with Crippen molar-refractivity contribution in [2.45, 2.75) is 32.1 Å². The zero-order valence-electron chi connectivity index (χ0n) is 7.35. The van der Waals surface area contributed by atoms with E-state index in [4.69, 9.17) is 4.74 Å². The van der Waals surface area contributed by atoms with Gasteiger partial charge in [-0.15, -0.1) is 6.58 Å². The van der Waals surface area contributed by atoms with Gasteiger partial charge in [0.1, 0.15) is 0 Å². The topological polar surface area (TPSA) is 9.23 Å².